The number of guanidine groups is 1. The molecule has 3 N–H and O–H groups in total. The molecule has 3 aromatic rings. The number of hydrogen-bond donors (Lipinski definition) is 3. The second kappa shape index (κ2) is 11.2. The predicted octanol–water partition coefficient (Wildman–Crippen LogP) is 4.41. The average Bonchev–Trinajstić information content (AvgIpc) is 3.39. The first-order chi connectivity index (χ1) is 15.1. The Kier molecular flexibility index (Phi) is 8.37. The molecular weight excluding hydrogens is 533 g/mol. The van der Waals surface area contributed by atoms with E-state index in [2.05, 4.69) is 37.5 Å². The molecular formula is C22H25F2IN4O3. The van der Waals surface area contributed by atoms with Crippen molar-refractivity contribution in [3.8, 4) is 17.2 Å². The van der Waals surface area contributed by atoms with E-state index in [1.54, 1.807) is 13.1 Å². The lowest BCUT2D eigenvalue weighted by Crippen LogP contribution is -2.37. The van der Waals surface area contributed by atoms with Crippen LogP contribution in [0.2, 0.25) is 0 Å². The van der Waals surface area contributed by atoms with E-state index < -0.39 is 6.61 Å². The zero-order valence-electron chi connectivity index (χ0n) is 17.5. The average molecular weight is 558 g/mol. The maximum Gasteiger partial charge on any atom is 0.387 e. The first-order valence-corrected chi connectivity index (χ1v) is 10.0. The highest BCUT2D eigenvalue weighted by Crippen LogP contribution is 2.38. The lowest BCUT2D eigenvalue weighted by molar-refractivity contribution is -0.0505. The molecule has 0 amide bonds. The fourth-order valence-electron chi connectivity index (χ4n) is 3.53. The number of rotatable bonds is 8. The number of fused-ring (bicyclic) bond motifs is 2. The van der Waals surface area contributed by atoms with Gasteiger partial charge in [0.25, 0.3) is 0 Å². The summed E-state index contributed by atoms with van der Waals surface area (Å²) in [7, 11) is 1.66. The minimum Gasteiger partial charge on any atom is -0.454 e. The van der Waals surface area contributed by atoms with Crippen LogP contribution in [0.4, 0.5) is 8.78 Å². The van der Waals surface area contributed by atoms with Crippen molar-refractivity contribution in [2.24, 2.45) is 4.99 Å². The van der Waals surface area contributed by atoms with E-state index in [0.717, 1.165) is 18.4 Å². The third kappa shape index (κ3) is 5.72. The van der Waals surface area contributed by atoms with Crippen LogP contribution in [0.25, 0.3) is 10.9 Å². The number of benzene rings is 2. The number of alkyl halides is 2. The van der Waals surface area contributed by atoms with Gasteiger partial charge in [-0.2, -0.15) is 8.78 Å². The molecule has 0 saturated carbocycles. The van der Waals surface area contributed by atoms with Crippen LogP contribution >= 0.6 is 24.0 Å². The fourth-order valence-corrected chi connectivity index (χ4v) is 3.53. The first-order valence-electron chi connectivity index (χ1n) is 10.0. The molecule has 0 unspecified atom stereocenters. The number of aryl methyl sites for hydroxylation is 1. The smallest absolute Gasteiger partial charge is 0.387 e. The normalized spacial score (nSPS) is 12.7. The Morgan fingerprint density at radius 1 is 1.16 bits per heavy atom. The number of aromatic nitrogens is 1. The lowest BCUT2D eigenvalue weighted by atomic mass is 10.1. The Hall–Kier alpha value is -2.76. The Morgan fingerprint density at radius 3 is 2.72 bits per heavy atom. The zero-order chi connectivity index (χ0) is 21.6. The SMILES string of the molecule is CN=C(NCCCc1c[nH]c2ccccc12)NCc1cc2c(cc1OC(F)F)OCO2.I. The number of nitrogens with zero attached hydrogens (tertiary/aromatic N) is 1. The Balaban J connectivity index is 0.00000289. The van der Waals surface area contributed by atoms with Crippen LogP contribution in [0.15, 0.2) is 47.6 Å². The molecule has 0 bridgehead atoms. The Morgan fingerprint density at radius 2 is 1.94 bits per heavy atom. The van der Waals surface area contributed by atoms with Crippen molar-refractivity contribution in [2.75, 3.05) is 20.4 Å². The molecule has 0 radical (unpaired) electrons. The quantitative estimate of drug-likeness (QED) is 0.165. The summed E-state index contributed by atoms with van der Waals surface area (Å²) in [5.74, 6) is 1.50. The van der Waals surface area contributed by atoms with Gasteiger partial charge in [0.05, 0.1) is 0 Å². The fraction of sp³-hybridized carbons (Fsp3) is 0.318. The van der Waals surface area contributed by atoms with Crippen molar-refractivity contribution in [1.82, 2.24) is 15.6 Å². The number of aliphatic imine (C=N–C) groups is 1. The Labute approximate surface area is 201 Å². The second-order valence-corrected chi connectivity index (χ2v) is 7.01. The molecule has 2 heterocycles. The van der Waals surface area contributed by atoms with Crippen molar-refractivity contribution >= 4 is 40.8 Å². The highest BCUT2D eigenvalue weighted by atomic mass is 127. The van der Waals surface area contributed by atoms with E-state index in [4.69, 9.17) is 9.47 Å². The molecule has 172 valence electrons. The van der Waals surface area contributed by atoms with Gasteiger partial charge in [-0.25, -0.2) is 0 Å². The van der Waals surface area contributed by atoms with Crippen molar-refractivity contribution in [3.05, 3.63) is 53.7 Å². The van der Waals surface area contributed by atoms with Gasteiger partial charge in [0, 0.05) is 48.9 Å². The van der Waals surface area contributed by atoms with Crippen LogP contribution in [0.3, 0.4) is 0 Å². The number of nitrogens with one attached hydrogen (secondary N) is 3. The van der Waals surface area contributed by atoms with Gasteiger partial charge in [0.2, 0.25) is 6.79 Å². The van der Waals surface area contributed by atoms with Crippen molar-refractivity contribution in [1.29, 1.82) is 0 Å². The van der Waals surface area contributed by atoms with Gasteiger partial charge >= 0.3 is 6.61 Å². The van der Waals surface area contributed by atoms with Crippen LogP contribution < -0.4 is 24.8 Å². The lowest BCUT2D eigenvalue weighted by Gasteiger charge is -2.15. The van der Waals surface area contributed by atoms with Gasteiger partial charge in [-0.15, -0.1) is 24.0 Å². The monoisotopic (exact) mass is 558 g/mol. The molecule has 32 heavy (non-hydrogen) atoms. The summed E-state index contributed by atoms with van der Waals surface area (Å²) in [5.41, 5.74) is 2.93. The van der Waals surface area contributed by atoms with Crippen LogP contribution in [-0.4, -0.2) is 37.9 Å². The number of aromatic amines is 1. The van der Waals surface area contributed by atoms with Crippen molar-refractivity contribution < 1.29 is 23.0 Å². The number of halogens is 3. The molecule has 2 aromatic carbocycles. The van der Waals surface area contributed by atoms with Gasteiger partial charge in [-0.3, -0.25) is 4.99 Å². The molecule has 0 aliphatic carbocycles. The molecule has 0 atom stereocenters. The van der Waals surface area contributed by atoms with Crippen LogP contribution in [-0.2, 0) is 13.0 Å². The van der Waals surface area contributed by atoms with Crippen molar-refractivity contribution in [3.63, 3.8) is 0 Å². The molecule has 0 saturated heterocycles. The summed E-state index contributed by atoms with van der Waals surface area (Å²) >= 11 is 0. The molecule has 1 aromatic heterocycles. The second-order valence-electron chi connectivity index (χ2n) is 7.01. The maximum absolute atomic E-state index is 12.8. The van der Waals surface area contributed by atoms with E-state index in [-0.39, 0.29) is 43.1 Å². The number of ether oxygens (including phenoxy) is 3. The summed E-state index contributed by atoms with van der Waals surface area (Å²) in [4.78, 5) is 7.48. The van der Waals surface area contributed by atoms with E-state index in [1.807, 2.05) is 18.3 Å². The predicted molar refractivity (Wildman–Crippen MR) is 129 cm³/mol. The van der Waals surface area contributed by atoms with Gasteiger partial charge in [0.15, 0.2) is 17.5 Å². The minimum absolute atomic E-state index is 0. The first kappa shape index (κ1) is 23.9. The maximum atomic E-state index is 12.8. The van der Waals surface area contributed by atoms with Crippen LogP contribution in [0.1, 0.15) is 17.5 Å². The molecule has 4 rings (SSSR count). The standard InChI is InChI=1S/C22H24F2N4O3.HI/c1-25-22(26-8-4-5-14-11-27-17-7-3-2-6-16(14)17)28-12-15-9-19-20(30-13-29-19)10-18(15)31-21(23)24;/h2-3,6-7,9-11,21,27H,4-5,8,12-13H2,1H3,(H2,25,26,28);1H. The van der Waals surface area contributed by atoms with E-state index >= 15 is 0 Å². The minimum atomic E-state index is -2.93. The van der Waals surface area contributed by atoms with Crippen molar-refractivity contribution in [2.45, 2.75) is 26.0 Å². The number of H-pyrrole nitrogens is 1. The highest BCUT2D eigenvalue weighted by molar-refractivity contribution is 14.0. The summed E-state index contributed by atoms with van der Waals surface area (Å²) in [5, 5.41) is 7.61. The van der Waals surface area contributed by atoms with E-state index in [0.29, 0.717) is 29.6 Å². The van der Waals surface area contributed by atoms with E-state index in [9.17, 15) is 8.78 Å². The molecule has 7 nitrogen and oxygen atoms in total. The summed E-state index contributed by atoms with van der Waals surface area (Å²) in [6, 6.07) is 11.3. The number of hydrogen-bond acceptors (Lipinski definition) is 4. The van der Waals surface area contributed by atoms with Crippen LogP contribution in [0, 0.1) is 0 Å². The molecule has 10 heteroatoms. The molecule has 1 aliphatic rings. The van der Waals surface area contributed by atoms with Gasteiger partial charge in [-0.1, -0.05) is 18.2 Å². The third-order valence-corrected chi connectivity index (χ3v) is 5.03. The van der Waals surface area contributed by atoms with E-state index in [1.165, 1.54) is 17.0 Å². The topological polar surface area (TPSA) is 79.9 Å². The zero-order valence-corrected chi connectivity index (χ0v) is 19.8. The van der Waals surface area contributed by atoms with Gasteiger partial charge in [0.1, 0.15) is 5.75 Å². The van der Waals surface area contributed by atoms with Gasteiger partial charge in [-0.05, 0) is 30.5 Å². The van der Waals surface area contributed by atoms with Crippen LogP contribution in [0.5, 0.6) is 17.2 Å². The molecule has 1 aliphatic heterocycles. The number of para-hydroxylation sites is 1. The summed E-state index contributed by atoms with van der Waals surface area (Å²) in [6.45, 7) is -1.93. The Bertz CT molecular complexity index is 1070. The molecule has 0 fully saturated rings. The summed E-state index contributed by atoms with van der Waals surface area (Å²) < 4.78 is 40.8. The summed E-state index contributed by atoms with van der Waals surface area (Å²) in [6.07, 6.45) is 3.87. The van der Waals surface area contributed by atoms with Gasteiger partial charge < -0.3 is 29.8 Å². The largest absolute Gasteiger partial charge is 0.454 e. The third-order valence-electron chi connectivity index (χ3n) is 5.03. The highest BCUT2D eigenvalue weighted by Gasteiger charge is 2.20. The molecule has 0 spiro atoms.